The van der Waals surface area contributed by atoms with E-state index < -0.39 is 21.7 Å². The molecule has 9 nitrogen and oxygen atoms in total. The second-order valence-electron chi connectivity index (χ2n) is 8.66. The van der Waals surface area contributed by atoms with Crippen LogP contribution < -0.4 is 16.0 Å². The van der Waals surface area contributed by atoms with Gasteiger partial charge in [0.2, 0.25) is 15.9 Å². The van der Waals surface area contributed by atoms with Crippen LogP contribution in [0, 0.1) is 5.92 Å². The third-order valence-electron chi connectivity index (χ3n) is 6.32. The maximum Gasteiger partial charge on any atom is 0.419 e. The van der Waals surface area contributed by atoms with E-state index in [1.165, 1.54) is 21.0 Å². The molecule has 1 aliphatic heterocycles. The number of hydrogen-bond donors (Lipinski definition) is 1. The van der Waals surface area contributed by atoms with Gasteiger partial charge in [-0.1, -0.05) is 18.2 Å². The number of hydrogen-bond acceptors (Lipinski definition) is 6. The van der Waals surface area contributed by atoms with Crippen molar-refractivity contribution in [3.8, 4) is 0 Å². The maximum atomic E-state index is 13.2. The topological polar surface area (TPSA) is 105 Å². The van der Waals surface area contributed by atoms with Gasteiger partial charge < -0.3 is 14.6 Å². The smallest absolute Gasteiger partial charge is 0.408 e. The second kappa shape index (κ2) is 10.0. The number of piperidine rings is 1. The number of rotatable bonds is 8. The number of carbonyl (C=O) groups is 1. The number of carbonyl (C=O) groups excluding carboxylic acids is 1. The summed E-state index contributed by atoms with van der Waals surface area (Å²) >= 11 is 0. The molecule has 4 rings (SSSR count). The zero-order valence-electron chi connectivity index (χ0n) is 19.4. The van der Waals surface area contributed by atoms with Crippen LogP contribution in [0.15, 0.2) is 62.6 Å². The molecule has 3 aromatic rings. The van der Waals surface area contributed by atoms with E-state index in [1.54, 1.807) is 13.1 Å². The highest BCUT2D eigenvalue weighted by Crippen LogP contribution is 2.26. The summed E-state index contributed by atoms with van der Waals surface area (Å²) in [7, 11) is -0.237. The first kappa shape index (κ1) is 24.0. The summed E-state index contributed by atoms with van der Waals surface area (Å²) in [6.07, 6.45) is 2.04. The zero-order valence-corrected chi connectivity index (χ0v) is 20.3. The Kier molecular flexibility index (Phi) is 7.08. The first-order valence-corrected chi connectivity index (χ1v) is 12.8. The van der Waals surface area contributed by atoms with Crippen LogP contribution in [-0.2, 0) is 21.9 Å². The van der Waals surface area contributed by atoms with E-state index in [9.17, 15) is 18.0 Å². The number of para-hydroxylation sites is 1. The first-order chi connectivity index (χ1) is 16.3. The van der Waals surface area contributed by atoms with Crippen LogP contribution in [0.4, 0.5) is 5.69 Å². The van der Waals surface area contributed by atoms with E-state index in [0.29, 0.717) is 31.4 Å². The standard InChI is InChI=1S/C24H30N4O5S/c1-26(19-9-4-3-5-10-19)14-7-13-25-23(29)18-8-6-15-28(17-18)34(31,32)20-11-12-21-22(16-20)33-24(30)27(21)2/h3-5,9-12,16,18H,6-8,13-15,17H2,1-2H3,(H,25,29)/t18-/m0/s1. The predicted molar refractivity (Wildman–Crippen MR) is 130 cm³/mol. The Morgan fingerprint density at radius 3 is 2.74 bits per heavy atom. The third kappa shape index (κ3) is 5.02. The quantitative estimate of drug-likeness (QED) is 0.490. The highest BCUT2D eigenvalue weighted by Gasteiger charge is 2.33. The SMILES string of the molecule is CN(CCCNC(=O)[C@H]1CCCN(S(=O)(=O)c2ccc3c(c2)oc(=O)n3C)C1)c1ccccc1. The molecule has 0 saturated carbocycles. The molecule has 1 aromatic heterocycles. The molecule has 1 aliphatic rings. The van der Waals surface area contributed by atoms with Crippen molar-refractivity contribution in [2.24, 2.45) is 13.0 Å². The number of anilines is 1. The Morgan fingerprint density at radius 1 is 1.21 bits per heavy atom. The van der Waals surface area contributed by atoms with E-state index >= 15 is 0 Å². The van der Waals surface area contributed by atoms with Crippen molar-refractivity contribution in [2.75, 3.05) is 38.1 Å². The summed E-state index contributed by atoms with van der Waals surface area (Å²) in [5, 5.41) is 2.96. The minimum absolute atomic E-state index is 0.0550. The van der Waals surface area contributed by atoms with Crippen LogP contribution in [0.3, 0.4) is 0 Å². The van der Waals surface area contributed by atoms with Crippen molar-refractivity contribution in [3.63, 3.8) is 0 Å². The molecular formula is C24H30N4O5S. The average Bonchev–Trinajstić information content (AvgIpc) is 3.14. The predicted octanol–water partition coefficient (Wildman–Crippen LogP) is 2.17. The lowest BCUT2D eigenvalue weighted by molar-refractivity contribution is -0.126. The summed E-state index contributed by atoms with van der Waals surface area (Å²) in [4.78, 5) is 26.7. The number of oxazole rings is 1. The lowest BCUT2D eigenvalue weighted by Gasteiger charge is -2.31. The molecule has 1 N–H and O–H groups in total. The van der Waals surface area contributed by atoms with Gasteiger partial charge in [-0.25, -0.2) is 13.2 Å². The monoisotopic (exact) mass is 486 g/mol. The molecule has 1 fully saturated rings. The Morgan fingerprint density at radius 2 is 1.97 bits per heavy atom. The maximum absolute atomic E-state index is 13.2. The number of amides is 1. The minimum Gasteiger partial charge on any atom is -0.408 e. The lowest BCUT2D eigenvalue weighted by Crippen LogP contribution is -2.45. The van der Waals surface area contributed by atoms with Crippen LogP contribution in [0.5, 0.6) is 0 Å². The number of fused-ring (bicyclic) bond motifs is 1. The fourth-order valence-corrected chi connectivity index (χ4v) is 5.82. The van der Waals surface area contributed by atoms with Gasteiger partial charge in [-0.15, -0.1) is 0 Å². The fourth-order valence-electron chi connectivity index (χ4n) is 4.28. The van der Waals surface area contributed by atoms with Gasteiger partial charge in [0.15, 0.2) is 5.58 Å². The number of benzene rings is 2. The molecule has 2 heterocycles. The number of sulfonamides is 1. The molecule has 1 amide bonds. The number of nitrogens with zero attached hydrogens (tertiary/aromatic N) is 3. The molecule has 34 heavy (non-hydrogen) atoms. The Labute approximate surface area is 199 Å². The number of nitrogens with one attached hydrogen (secondary N) is 1. The first-order valence-electron chi connectivity index (χ1n) is 11.4. The average molecular weight is 487 g/mol. The van der Waals surface area contributed by atoms with Crippen molar-refractivity contribution in [1.29, 1.82) is 0 Å². The van der Waals surface area contributed by atoms with E-state index in [1.807, 2.05) is 37.4 Å². The van der Waals surface area contributed by atoms with E-state index in [2.05, 4.69) is 10.2 Å². The van der Waals surface area contributed by atoms with Gasteiger partial charge in [0, 0.05) is 52.0 Å². The van der Waals surface area contributed by atoms with Crippen molar-refractivity contribution in [1.82, 2.24) is 14.2 Å². The van der Waals surface area contributed by atoms with Crippen LogP contribution in [0.25, 0.3) is 11.1 Å². The Bertz CT molecular complexity index is 1320. The van der Waals surface area contributed by atoms with Crippen molar-refractivity contribution >= 4 is 32.7 Å². The van der Waals surface area contributed by atoms with Gasteiger partial charge in [0.05, 0.1) is 16.3 Å². The van der Waals surface area contributed by atoms with Crippen LogP contribution >= 0.6 is 0 Å². The molecule has 0 spiro atoms. The van der Waals surface area contributed by atoms with Gasteiger partial charge in [-0.05, 0) is 43.5 Å². The van der Waals surface area contributed by atoms with Crippen molar-refractivity contribution in [3.05, 3.63) is 59.1 Å². The molecule has 1 saturated heterocycles. The summed E-state index contributed by atoms with van der Waals surface area (Å²) in [5.41, 5.74) is 1.87. The second-order valence-corrected chi connectivity index (χ2v) is 10.6. The molecule has 0 bridgehead atoms. The zero-order chi connectivity index (χ0) is 24.3. The fraction of sp³-hybridized carbons (Fsp3) is 0.417. The van der Waals surface area contributed by atoms with Gasteiger partial charge >= 0.3 is 5.76 Å². The lowest BCUT2D eigenvalue weighted by atomic mass is 9.99. The van der Waals surface area contributed by atoms with E-state index in [4.69, 9.17) is 4.42 Å². The molecule has 182 valence electrons. The molecule has 1 atom stereocenters. The van der Waals surface area contributed by atoms with Crippen LogP contribution in [0.1, 0.15) is 19.3 Å². The number of aryl methyl sites for hydroxylation is 1. The summed E-state index contributed by atoms with van der Waals surface area (Å²) in [5.74, 6) is -1.06. The Balaban J connectivity index is 1.34. The van der Waals surface area contributed by atoms with Gasteiger partial charge in [0.1, 0.15) is 0 Å². The minimum atomic E-state index is -3.82. The molecule has 0 aliphatic carbocycles. The van der Waals surface area contributed by atoms with E-state index in [-0.39, 0.29) is 22.9 Å². The molecule has 0 unspecified atom stereocenters. The summed E-state index contributed by atoms with van der Waals surface area (Å²) in [6, 6.07) is 14.4. The molecule has 2 aromatic carbocycles. The van der Waals surface area contributed by atoms with Gasteiger partial charge in [-0.3, -0.25) is 9.36 Å². The summed E-state index contributed by atoms with van der Waals surface area (Å²) < 4.78 is 34.3. The van der Waals surface area contributed by atoms with Gasteiger partial charge in [-0.2, -0.15) is 4.31 Å². The summed E-state index contributed by atoms with van der Waals surface area (Å²) in [6.45, 7) is 1.82. The molecule has 0 radical (unpaired) electrons. The highest BCUT2D eigenvalue weighted by atomic mass is 32.2. The van der Waals surface area contributed by atoms with E-state index in [0.717, 1.165) is 18.7 Å². The highest BCUT2D eigenvalue weighted by molar-refractivity contribution is 7.89. The van der Waals surface area contributed by atoms with Crippen molar-refractivity contribution < 1.29 is 17.6 Å². The van der Waals surface area contributed by atoms with Crippen LogP contribution in [-0.4, -0.2) is 56.4 Å². The molecule has 10 heteroatoms. The van der Waals surface area contributed by atoms with Gasteiger partial charge in [0.25, 0.3) is 0 Å². The molecular weight excluding hydrogens is 456 g/mol. The van der Waals surface area contributed by atoms with Crippen LogP contribution in [0.2, 0.25) is 0 Å². The number of aromatic nitrogens is 1. The third-order valence-corrected chi connectivity index (χ3v) is 8.18. The Hall–Kier alpha value is -3.11. The largest absolute Gasteiger partial charge is 0.419 e. The normalized spacial score (nSPS) is 17.1. The van der Waals surface area contributed by atoms with Crippen molar-refractivity contribution in [2.45, 2.75) is 24.2 Å².